The summed E-state index contributed by atoms with van der Waals surface area (Å²) in [7, 11) is 4.67. The predicted octanol–water partition coefficient (Wildman–Crippen LogP) is 5.46. The molecular formula is C27H26ClNO6. The number of benzene rings is 3. The Kier molecular flexibility index (Phi) is 7.17. The topological polar surface area (TPSA) is 85.3 Å². The lowest BCUT2D eigenvalue weighted by Crippen LogP contribution is -2.41. The SMILES string of the molecule is COc1ccc(OC)c(-c2ccc(C(=O)N3[C@@H](c4ccccc4Cl)CC[C@H]3C(=O)O)cc2)c1OC. The Labute approximate surface area is 208 Å². The Morgan fingerprint density at radius 2 is 1.54 bits per heavy atom. The fourth-order valence-corrected chi connectivity index (χ4v) is 4.93. The minimum Gasteiger partial charge on any atom is -0.496 e. The molecule has 0 bridgehead atoms. The predicted molar refractivity (Wildman–Crippen MR) is 133 cm³/mol. The molecule has 1 N–H and O–H groups in total. The summed E-state index contributed by atoms with van der Waals surface area (Å²) in [6, 6.07) is 16.3. The first-order valence-corrected chi connectivity index (χ1v) is 11.5. The lowest BCUT2D eigenvalue weighted by atomic mass is 10.00. The molecule has 3 aromatic rings. The van der Waals surface area contributed by atoms with E-state index < -0.39 is 18.1 Å². The van der Waals surface area contributed by atoms with E-state index in [1.807, 2.05) is 18.2 Å². The smallest absolute Gasteiger partial charge is 0.326 e. The van der Waals surface area contributed by atoms with Crippen LogP contribution in [0, 0.1) is 0 Å². The van der Waals surface area contributed by atoms with Crippen molar-refractivity contribution in [1.82, 2.24) is 4.90 Å². The highest BCUT2D eigenvalue weighted by atomic mass is 35.5. The number of halogens is 1. The maximum atomic E-state index is 13.6. The molecule has 3 aromatic carbocycles. The molecule has 8 heteroatoms. The molecule has 182 valence electrons. The number of carbonyl (C=O) groups is 2. The van der Waals surface area contributed by atoms with E-state index in [9.17, 15) is 14.7 Å². The van der Waals surface area contributed by atoms with Gasteiger partial charge in [0.1, 0.15) is 11.8 Å². The Hall–Kier alpha value is -3.71. The highest BCUT2D eigenvalue weighted by molar-refractivity contribution is 6.31. The zero-order chi connectivity index (χ0) is 25.1. The van der Waals surface area contributed by atoms with Crippen LogP contribution in [0.2, 0.25) is 5.02 Å². The van der Waals surface area contributed by atoms with Crippen LogP contribution in [0.5, 0.6) is 17.2 Å². The van der Waals surface area contributed by atoms with E-state index >= 15 is 0 Å². The van der Waals surface area contributed by atoms with E-state index in [4.69, 9.17) is 25.8 Å². The van der Waals surface area contributed by atoms with Gasteiger partial charge in [0.15, 0.2) is 11.5 Å². The average Bonchev–Trinajstić information content (AvgIpc) is 3.33. The number of carboxylic acid groups (broad SMARTS) is 1. The van der Waals surface area contributed by atoms with Crippen LogP contribution in [-0.4, -0.2) is 49.3 Å². The molecule has 4 rings (SSSR count). The second kappa shape index (κ2) is 10.3. The molecule has 0 spiro atoms. The molecule has 1 amide bonds. The number of likely N-dealkylation sites (tertiary alicyclic amines) is 1. The Balaban J connectivity index is 1.72. The zero-order valence-electron chi connectivity index (χ0n) is 19.7. The van der Waals surface area contributed by atoms with Gasteiger partial charge in [-0.2, -0.15) is 0 Å². The summed E-state index contributed by atoms with van der Waals surface area (Å²) in [4.78, 5) is 27.0. The van der Waals surface area contributed by atoms with Crippen LogP contribution in [0.25, 0.3) is 11.1 Å². The van der Waals surface area contributed by atoms with Crippen molar-refractivity contribution >= 4 is 23.5 Å². The largest absolute Gasteiger partial charge is 0.496 e. The summed E-state index contributed by atoms with van der Waals surface area (Å²) in [5.41, 5.74) is 2.56. The van der Waals surface area contributed by atoms with Crippen LogP contribution in [0.3, 0.4) is 0 Å². The van der Waals surface area contributed by atoms with Crippen molar-refractivity contribution in [1.29, 1.82) is 0 Å². The van der Waals surface area contributed by atoms with Crippen molar-refractivity contribution in [3.63, 3.8) is 0 Å². The van der Waals surface area contributed by atoms with Crippen LogP contribution >= 0.6 is 11.6 Å². The number of hydrogen-bond acceptors (Lipinski definition) is 5. The highest BCUT2D eigenvalue weighted by Gasteiger charge is 2.42. The van der Waals surface area contributed by atoms with E-state index in [-0.39, 0.29) is 5.91 Å². The van der Waals surface area contributed by atoms with E-state index in [0.717, 1.165) is 11.1 Å². The van der Waals surface area contributed by atoms with Crippen molar-refractivity contribution in [3.8, 4) is 28.4 Å². The van der Waals surface area contributed by atoms with Crippen LogP contribution < -0.4 is 14.2 Å². The van der Waals surface area contributed by atoms with Gasteiger partial charge in [0.2, 0.25) is 0 Å². The minimum absolute atomic E-state index is 0.354. The highest BCUT2D eigenvalue weighted by Crippen LogP contribution is 2.45. The molecule has 1 aliphatic rings. The monoisotopic (exact) mass is 495 g/mol. The molecule has 0 radical (unpaired) electrons. The summed E-state index contributed by atoms with van der Waals surface area (Å²) < 4.78 is 16.5. The number of rotatable bonds is 7. The number of hydrogen-bond donors (Lipinski definition) is 1. The average molecular weight is 496 g/mol. The third-order valence-corrected chi connectivity index (χ3v) is 6.66. The van der Waals surface area contributed by atoms with Gasteiger partial charge in [0.25, 0.3) is 5.91 Å². The van der Waals surface area contributed by atoms with E-state index in [2.05, 4.69) is 0 Å². The number of methoxy groups -OCH3 is 3. The fourth-order valence-electron chi connectivity index (χ4n) is 4.67. The van der Waals surface area contributed by atoms with Gasteiger partial charge in [0.05, 0.1) is 32.9 Å². The summed E-state index contributed by atoms with van der Waals surface area (Å²) in [6.07, 6.45) is 0.871. The molecule has 1 saturated heterocycles. The van der Waals surface area contributed by atoms with Gasteiger partial charge >= 0.3 is 5.97 Å². The number of nitrogens with zero attached hydrogens (tertiary/aromatic N) is 1. The third kappa shape index (κ3) is 4.51. The van der Waals surface area contributed by atoms with Crippen molar-refractivity contribution in [3.05, 3.63) is 76.8 Å². The van der Waals surface area contributed by atoms with E-state index in [1.165, 1.54) is 4.90 Å². The molecule has 1 heterocycles. The van der Waals surface area contributed by atoms with Gasteiger partial charge in [-0.15, -0.1) is 0 Å². The number of aliphatic carboxylic acids is 1. The van der Waals surface area contributed by atoms with Gasteiger partial charge in [-0.25, -0.2) is 4.79 Å². The van der Waals surface area contributed by atoms with Gasteiger partial charge in [-0.1, -0.05) is 41.9 Å². The van der Waals surface area contributed by atoms with Crippen molar-refractivity contribution < 1.29 is 28.9 Å². The van der Waals surface area contributed by atoms with Crippen LogP contribution in [0.1, 0.15) is 34.8 Å². The van der Waals surface area contributed by atoms with Gasteiger partial charge in [0, 0.05) is 10.6 Å². The molecule has 0 aromatic heterocycles. The molecular weight excluding hydrogens is 470 g/mol. The standard InChI is InChI=1S/C27H26ClNO6/c1-33-22-14-15-23(34-2)25(35-3)24(22)16-8-10-17(11-9-16)26(30)29-20(12-13-21(29)27(31)32)18-6-4-5-7-19(18)28/h4-11,14-15,20-21H,12-13H2,1-3H3,(H,31,32)/t20-,21+/m1/s1. The first-order chi connectivity index (χ1) is 16.9. The van der Waals surface area contributed by atoms with Gasteiger partial charge < -0.3 is 24.2 Å². The first kappa shape index (κ1) is 24.4. The van der Waals surface area contributed by atoms with Crippen molar-refractivity contribution in [2.24, 2.45) is 0 Å². The van der Waals surface area contributed by atoms with Gasteiger partial charge in [-0.05, 0) is 54.3 Å². The van der Waals surface area contributed by atoms with Crippen LogP contribution in [-0.2, 0) is 4.79 Å². The summed E-state index contributed by atoms with van der Waals surface area (Å²) in [5.74, 6) is 0.250. The van der Waals surface area contributed by atoms with E-state index in [0.29, 0.717) is 46.2 Å². The van der Waals surface area contributed by atoms with E-state index in [1.54, 1.807) is 63.8 Å². The van der Waals surface area contributed by atoms with Crippen LogP contribution in [0.4, 0.5) is 0 Å². The van der Waals surface area contributed by atoms with Crippen molar-refractivity contribution in [2.75, 3.05) is 21.3 Å². The fraction of sp³-hybridized carbons (Fsp3) is 0.259. The molecule has 35 heavy (non-hydrogen) atoms. The normalized spacial score (nSPS) is 17.2. The molecule has 0 saturated carbocycles. The summed E-state index contributed by atoms with van der Waals surface area (Å²) in [5, 5.41) is 10.3. The van der Waals surface area contributed by atoms with Crippen molar-refractivity contribution in [2.45, 2.75) is 24.9 Å². The van der Waals surface area contributed by atoms with Gasteiger partial charge in [-0.3, -0.25) is 4.79 Å². The van der Waals surface area contributed by atoms with Crippen LogP contribution in [0.15, 0.2) is 60.7 Å². The number of ether oxygens (including phenoxy) is 3. The molecule has 2 atom stereocenters. The maximum absolute atomic E-state index is 13.6. The Bertz CT molecular complexity index is 1240. The third-order valence-electron chi connectivity index (χ3n) is 6.32. The molecule has 0 aliphatic carbocycles. The molecule has 7 nitrogen and oxygen atoms in total. The number of amides is 1. The maximum Gasteiger partial charge on any atom is 0.326 e. The Morgan fingerprint density at radius 3 is 2.14 bits per heavy atom. The minimum atomic E-state index is -1.03. The summed E-state index contributed by atoms with van der Waals surface area (Å²) >= 11 is 6.40. The number of carboxylic acids is 1. The molecule has 0 unspecified atom stereocenters. The number of carbonyl (C=O) groups excluding carboxylic acids is 1. The zero-order valence-corrected chi connectivity index (χ0v) is 20.4. The molecule has 1 aliphatic heterocycles. The summed E-state index contributed by atoms with van der Waals surface area (Å²) in [6.45, 7) is 0. The lowest BCUT2D eigenvalue weighted by molar-refractivity contribution is -0.141. The Morgan fingerprint density at radius 1 is 0.886 bits per heavy atom. The second-order valence-electron chi connectivity index (χ2n) is 8.14. The first-order valence-electron chi connectivity index (χ1n) is 11.1. The quantitative estimate of drug-likeness (QED) is 0.468. The lowest BCUT2D eigenvalue weighted by Gasteiger charge is -2.29. The second-order valence-corrected chi connectivity index (χ2v) is 8.54. The molecule has 1 fully saturated rings.